The zero-order valence-corrected chi connectivity index (χ0v) is 20.3. The molecule has 6 nitrogen and oxygen atoms in total. The molecule has 0 unspecified atom stereocenters. The maximum Gasteiger partial charge on any atom is 0.278 e. The molecule has 2 N–H and O–H groups in total. The van der Waals surface area contributed by atoms with E-state index in [0.717, 1.165) is 27.3 Å². The van der Waals surface area contributed by atoms with Gasteiger partial charge in [-0.05, 0) is 40.8 Å². The predicted molar refractivity (Wildman–Crippen MR) is 137 cm³/mol. The van der Waals surface area contributed by atoms with Crippen molar-refractivity contribution in [3.8, 4) is 0 Å². The Hall–Kier alpha value is -3.90. The number of nitrogens with zero attached hydrogens (tertiary/aromatic N) is 1. The van der Waals surface area contributed by atoms with E-state index in [1.807, 2.05) is 54.6 Å². The number of hydrogen-bond donors (Lipinski definition) is 2. The van der Waals surface area contributed by atoms with Gasteiger partial charge < -0.3 is 10.6 Å². The van der Waals surface area contributed by atoms with Crippen LogP contribution in [0.5, 0.6) is 0 Å². The van der Waals surface area contributed by atoms with Crippen LogP contribution in [0.15, 0.2) is 89.6 Å². The highest BCUT2D eigenvalue weighted by Crippen LogP contribution is 2.25. The Morgan fingerprint density at radius 1 is 0.857 bits per heavy atom. The summed E-state index contributed by atoms with van der Waals surface area (Å²) in [5.74, 6) is -0.883. The van der Waals surface area contributed by atoms with Gasteiger partial charge in [0.1, 0.15) is 10.7 Å². The lowest BCUT2D eigenvalue weighted by Gasteiger charge is -2.15. The van der Waals surface area contributed by atoms with Gasteiger partial charge in [0.15, 0.2) is 0 Å². The van der Waals surface area contributed by atoms with Crippen LogP contribution in [0.1, 0.15) is 46.8 Å². The number of imide groups is 1. The minimum Gasteiger partial charge on any atom is -0.375 e. The second kappa shape index (κ2) is 10.6. The number of para-hydroxylation sites is 1. The molecule has 0 bridgehead atoms. The van der Waals surface area contributed by atoms with Gasteiger partial charge in [0, 0.05) is 17.8 Å². The molecular formula is C28H26ClN3O3. The highest BCUT2D eigenvalue weighted by atomic mass is 35.5. The smallest absolute Gasteiger partial charge is 0.278 e. The molecule has 178 valence electrons. The molecule has 1 heterocycles. The van der Waals surface area contributed by atoms with Crippen LogP contribution in [0, 0.1) is 0 Å². The van der Waals surface area contributed by atoms with Gasteiger partial charge in [0.2, 0.25) is 0 Å². The van der Waals surface area contributed by atoms with Crippen LogP contribution < -0.4 is 10.6 Å². The second-order valence-electron chi connectivity index (χ2n) is 8.62. The SMILES string of the molecule is CC(C)c1ccccc1NC(=O)c1ccc(CNC2=C(Cl)C(=O)N(Cc3ccccc3)C2=O)cc1. The van der Waals surface area contributed by atoms with Crippen LogP contribution >= 0.6 is 11.6 Å². The lowest BCUT2D eigenvalue weighted by Crippen LogP contribution is -2.33. The van der Waals surface area contributed by atoms with E-state index in [9.17, 15) is 14.4 Å². The van der Waals surface area contributed by atoms with Gasteiger partial charge in [0.25, 0.3) is 17.7 Å². The van der Waals surface area contributed by atoms with E-state index in [2.05, 4.69) is 24.5 Å². The number of carbonyl (C=O) groups excluding carboxylic acids is 3. The standard InChI is InChI=1S/C28H26ClN3O3/c1-18(2)22-10-6-7-11-23(22)31-26(33)21-14-12-19(13-15-21)16-30-25-24(29)27(34)32(28(25)35)17-20-8-4-3-5-9-20/h3-15,18,30H,16-17H2,1-2H3,(H,31,33). The third kappa shape index (κ3) is 5.44. The van der Waals surface area contributed by atoms with E-state index in [4.69, 9.17) is 11.6 Å². The highest BCUT2D eigenvalue weighted by molar-refractivity contribution is 6.47. The van der Waals surface area contributed by atoms with Crippen LogP contribution in [-0.2, 0) is 22.7 Å². The fourth-order valence-electron chi connectivity index (χ4n) is 3.88. The Balaban J connectivity index is 1.38. The summed E-state index contributed by atoms with van der Waals surface area (Å²) in [5.41, 5.74) is 4.14. The number of halogens is 1. The van der Waals surface area contributed by atoms with Gasteiger partial charge in [-0.2, -0.15) is 0 Å². The van der Waals surface area contributed by atoms with Crippen molar-refractivity contribution in [3.05, 3.63) is 112 Å². The molecule has 3 aromatic carbocycles. The van der Waals surface area contributed by atoms with E-state index in [0.29, 0.717) is 5.56 Å². The van der Waals surface area contributed by atoms with Gasteiger partial charge in [-0.25, -0.2) is 0 Å². The third-order valence-electron chi connectivity index (χ3n) is 5.81. The number of carbonyl (C=O) groups is 3. The molecule has 0 aliphatic carbocycles. The Bertz CT molecular complexity index is 1280. The van der Waals surface area contributed by atoms with Gasteiger partial charge in [-0.3, -0.25) is 19.3 Å². The molecule has 0 radical (unpaired) electrons. The lowest BCUT2D eigenvalue weighted by molar-refractivity contribution is -0.138. The van der Waals surface area contributed by atoms with Crippen molar-refractivity contribution >= 4 is 35.0 Å². The van der Waals surface area contributed by atoms with E-state index < -0.39 is 11.8 Å². The molecule has 0 fully saturated rings. The molecule has 35 heavy (non-hydrogen) atoms. The summed E-state index contributed by atoms with van der Waals surface area (Å²) in [7, 11) is 0. The Morgan fingerprint density at radius 3 is 2.20 bits per heavy atom. The molecule has 0 saturated heterocycles. The summed E-state index contributed by atoms with van der Waals surface area (Å²) in [6, 6.07) is 24.1. The van der Waals surface area contributed by atoms with Crippen molar-refractivity contribution in [2.24, 2.45) is 0 Å². The van der Waals surface area contributed by atoms with E-state index in [1.165, 1.54) is 0 Å². The first kappa shape index (κ1) is 24.2. The maximum absolute atomic E-state index is 12.8. The average molecular weight is 488 g/mol. The molecule has 0 atom stereocenters. The molecule has 3 aromatic rings. The fourth-order valence-corrected chi connectivity index (χ4v) is 4.13. The molecule has 0 aromatic heterocycles. The zero-order chi connectivity index (χ0) is 24.9. The zero-order valence-electron chi connectivity index (χ0n) is 19.5. The Morgan fingerprint density at radius 2 is 1.51 bits per heavy atom. The van der Waals surface area contributed by atoms with Crippen molar-refractivity contribution in [3.63, 3.8) is 0 Å². The topological polar surface area (TPSA) is 78.5 Å². The number of rotatable bonds is 8. The molecule has 3 amide bonds. The van der Waals surface area contributed by atoms with Crippen LogP contribution in [0.25, 0.3) is 0 Å². The molecule has 1 aliphatic heterocycles. The monoisotopic (exact) mass is 487 g/mol. The normalized spacial score (nSPS) is 13.5. The molecular weight excluding hydrogens is 462 g/mol. The third-order valence-corrected chi connectivity index (χ3v) is 6.16. The number of hydrogen-bond acceptors (Lipinski definition) is 4. The summed E-state index contributed by atoms with van der Waals surface area (Å²) in [6.45, 7) is 4.60. The summed E-state index contributed by atoms with van der Waals surface area (Å²) in [6.07, 6.45) is 0. The molecule has 1 aliphatic rings. The lowest BCUT2D eigenvalue weighted by atomic mass is 10.0. The number of anilines is 1. The Labute approximate surface area is 209 Å². The largest absolute Gasteiger partial charge is 0.375 e. The average Bonchev–Trinajstić information content (AvgIpc) is 3.06. The first-order chi connectivity index (χ1) is 16.8. The number of amides is 3. The van der Waals surface area contributed by atoms with Gasteiger partial charge in [-0.15, -0.1) is 0 Å². The van der Waals surface area contributed by atoms with Crippen LogP contribution in [0.4, 0.5) is 5.69 Å². The van der Waals surface area contributed by atoms with Gasteiger partial charge in [-0.1, -0.05) is 86.1 Å². The summed E-state index contributed by atoms with van der Waals surface area (Å²) in [5, 5.41) is 5.85. The van der Waals surface area contributed by atoms with E-state index in [-0.39, 0.29) is 35.6 Å². The van der Waals surface area contributed by atoms with Crippen LogP contribution in [0.2, 0.25) is 0 Å². The number of benzene rings is 3. The first-order valence-corrected chi connectivity index (χ1v) is 11.8. The molecule has 7 heteroatoms. The Kier molecular flexibility index (Phi) is 7.32. The highest BCUT2D eigenvalue weighted by Gasteiger charge is 2.37. The minimum absolute atomic E-state index is 0.0831. The van der Waals surface area contributed by atoms with Crippen molar-refractivity contribution in [1.29, 1.82) is 0 Å². The van der Waals surface area contributed by atoms with Crippen molar-refractivity contribution in [2.45, 2.75) is 32.9 Å². The van der Waals surface area contributed by atoms with Crippen molar-refractivity contribution in [2.75, 3.05) is 5.32 Å². The van der Waals surface area contributed by atoms with Crippen LogP contribution in [0.3, 0.4) is 0 Å². The number of nitrogens with one attached hydrogen (secondary N) is 2. The second-order valence-corrected chi connectivity index (χ2v) is 9.00. The molecule has 4 rings (SSSR count). The fraction of sp³-hybridized carbons (Fsp3) is 0.179. The predicted octanol–water partition coefficient (Wildman–Crippen LogP) is 5.17. The first-order valence-electron chi connectivity index (χ1n) is 11.4. The van der Waals surface area contributed by atoms with E-state index in [1.54, 1.807) is 24.3 Å². The van der Waals surface area contributed by atoms with Crippen molar-refractivity contribution < 1.29 is 14.4 Å². The summed E-state index contributed by atoms with van der Waals surface area (Å²) in [4.78, 5) is 39.2. The quantitative estimate of drug-likeness (QED) is 0.429. The summed E-state index contributed by atoms with van der Waals surface area (Å²) >= 11 is 6.18. The maximum atomic E-state index is 12.8. The summed E-state index contributed by atoms with van der Waals surface area (Å²) < 4.78 is 0. The van der Waals surface area contributed by atoms with Gasteiger partial charge in [0.05, 0.1) is 6.54 Å². The van der Waals surface area contributed by atoms with Crippen LogP contribution in [-0.4, -0.2) is 22.6 Å². The molecule has 0 saturated carbocycles. The molecule has 0 spiro atoms. The minimum atomic E-state index is -0.517. The van der Waals surface area contributed by atoms with E-state index >= 15 is 0 Å². The van der Waals surface area contributed by atoms with Gasteiger partial charge >= 0.3 is 0 Å². The van der Waals surface area contributed by atoms with Crippen molar-refractivity contribution in [1.82, 2.24) is 10.2 Å².